The Morgan fingerprint density at radius 1 is 1.03 bits per heavy atom. The molecule has 0 N–H and O–H groups in total. The molecule has 6 nitrogen and oxygen atoms in total. The molecule has 0 saturated carbocycles. The number of amides is 1. The summed E-state index contributed by atoms with van der Waals surface area (Å²) >= 11 is 0. The van der Waals surface area contributed by atoms with Gasteiger partial charge in [0.15, 0.2) is 5.82 Å². The van der Waals surface area contributed by atoms with E-state index in [4.69, 9.17) is 0 Å². The van der Waals surface area contributed by atoms with Gasteiger partial charge in [0.1, 0.15) is 11.6 Å². The number of benzene rings is 2. The minimum atomic E-state index is -0.502. The number of nitrogens with zero attached hydrogens (tertiary/aromatic N) is 5. The summed E-state index contributed by atoms with van der Waals surface area (Å²) in [6, 6.07) is 13.5. The number of carbonyl (C=O) groups is 1. The molecule has 0 aliphatic heterocycles. The van der Waals surface area contributed by atoms with Crippen LogP contribution in [-0.2, 0) is 6.54 Å². The standard InChI is InChI=1S/C25H23F2N5O/c1-3-32(17(2)16-31-14-11-23(30-31)18-5-7-19(26)8-6-18)25(33)22-15-20(27)9-10-21(22)24-28-12-4-13-29-24/h4-15,17H,3,16H2,1-2H3/t17-/m1/s1. The average molecular weight is 447 g/mol. The highest BCUT2D eigenvalue weighted by molar-refractivity contribution is 6.00. The van der Waals surface area contributed by atoms with Gasteiger partial charge in [-0.05, 0) is 68.4 Å². The van der Waals surface area contributed by atoms with Gasteiger partial charge >= 0.3 is 0 Å². The van der Waals surface area contributed by atoms with Crippen LogP contribution in [0.3, 0.4) is 0 Å². The van der Waals surface area contributed by atoms with Gasteiger partial charge in [-0.2, -0.15) is 5.10 Å². The highest BCUT2D eigenvalue weighted by atomic mass is 19.1. The number of rotatable bonds is 7. The minimum Gasteiger partial charge on any atom is -0.334 e. The molecule has 2 aromatic carbocycles. The van der Waals surface area contributed by atoms with Crippen molar-refractivity contribution in [1.29, 1.82) is 0 Å². The van der Waals surface area contributed by atoms with Gasteiger partial charge in [0, 0.05) is 42.3 Å². The van der Waals surface area contributed by atoms with E-state index in [9.17, 15) is 13.6 Å². The summed E-state index contributed by atoms with van der Waals surface area (Å²) in [6.45, 7) is 4.66. The summed E-state index contributed by atoms with van der Waals surface area (Å²) < 4.78 is 29.0. The van der Waals surface area contributed by atoms with Gasteiger partial charge in [-0.1, -0.05) is 0 Å². The topological polar surface area (TPSA) is 63.9 Å². The lowest BCUT2D eigenvalue weighted by molar-refractivity contribution is 0.0685. The number of carbonyl (C=O) groups excluding carboxylic acids is 1. The van der Waals surface area contributed by atoms with E-state index in [-0.39, 0.29) is 23.3 Å². The van der Waals surface area contributed by atoms with Crippen LogP contribution in [0, 0.1) is 11.6 Å². The van der Waals surface area contributed by atoms with E-state index < -0.39 is 5.82 Å². The Labute approximate surface area is 190 Å². The molecule has 0 bridgehead atoms. The first kappa shape index (κ1) is 22.3. The van der Waals surface area contributed by atoms with E-state index in [2.05, 4.69) is 15.1 Å². The van der Waals surface area contributed by atoms with Crippen LogP contribution in [0.5, 0.6) is 0 Å². The zero-order chi connectivity index (χ0) is 23.4. The molecule has 8 heteroatoms. The number of hydrogen-bond donors (Lipinski definition) is 0. The molecule has 168 valence electrons. The third-order valence-electron chi connectivity index (χ3n) is 5.38. The van der Waals surface area contributed by atoms with Crippen LogP contribution >= 0.6 is 0 Å². The van der Waals surface area contributed by atoms with E-state index in [1.165, 1.54) is 30.3 Å². The SMILES string of the molecule is CCN(C(=O)c1cc(F)ccc1-c1ncccn1)[C@H](C)Cn1ccc(-c2ccc(F)cc2)n1. The molecular weight excluding hydrogens is 424 g/mol. The maximum absolute atomic E-state index is 14.1. The van der Waals surface area contributed by atoms with E-state index in [0.717, 1.165) is 5.56 Å². The first-order chi connectivity index (χ1) is 16.0. The van der Waals surface area contributed by atoms with E-state index in [1.54, 1.807) is 40.2 Å². The number of likely N-dealkylation sites (N-methyl/N-ethyl adjacent to an activating group) is 1. The van der Waals surface area contributed by atoms with E-state index in [0.29, 0.717) is 30.2 Å². The molecule has 0 spiro atoms. The lowest BCUT2D eigenvalue weighted by atomic mass is 10.0. The summed E-state index contributed by atoms with van der Waals surface area (Å²) in [5, 5.41) is 4.55. The summed E-state index contributed by atoms with van der Waals surface area (Å²) in [6.07, 6.45) is 4.98. The van der Waals surface area contributed by atoms with Gasteiger partial charge in [0.25, 0.3) is 5.91 Å². The molecular formula is C25H23F2N5O. The fraction of sp³-hybridized carbons (Fsp3) is 0.200. The lowest BCUT2D eigenvalue weighted by Crippen LogP contribution is -2.41. The van der Waals surface area contributed by atoms with Gasteiger partial charge in [-0.25, -0.2) is 18.7 Å². The van der Waals surface area contributed by atoms with Crippen molar-refractivity contribution in [3.63, 3.8) is 0 Å². The van der Waals surface area contributed by atoms with Gasteiger partial charge in [-0.15, -0.1) is 0 Å². The quantitative estimate of drug-likeness (QED) is 0.407. The van der Waals surface area contributed by atoms with Crippen molar-refractivity contribution in [1.82, 2.24) is 24.6 Å². The minimum absolute atomic E-state index is 0.211. The second-order valence-corrected chi connectivity index (χ2v) is 7.63. The third-order valence-corrected chi connectivity index (χ3v) is 5.38. The zero-order valence-electron chi connectivity index (χ0n) is 18.3. The van der Waals surface area contributed by atoms with Crippen molar-refractivity contribution in [2.75, 3.05) is 6.54 Å². The summed E-state index contributed by atoms with van der Waals surface area (Å²) in [7, 11) is 0. The molecule has 0 radical (unpaired) electrons. The fourth-order valence-electron chi connectivity index (χ4n) is 3.74. The summed E-state index contributed by atoms with van der Waals surface area (Å²) in [5.41, 5.74) is 2.21. The highest BCUT2D eigenvalue weighted by Gasteiger charge is 2.24. The molecule has 0 aliphatic rings. The Morgan fingerprint density at radius 3 is 2.42 bits per heavy atom. The number of aromatic nitrogens is 4. The Hall–Kier alpha value is -3.94. The smallest absolute Gasteiger partial charge is 0.255 e. The normalized spacial score (nSPS) is 11.9. The molecule has 1 amide bonds. The molecule has 0 fully saturated rings. The Balaban J connectivity index is 1.56. The Morgan fingerprint density at radius 2 is 1.73 bits per heavy atom. The first-order valence-electron chi connectivity index (χ1n) is 10.6. The highest BCUT2D eigenvalue weighted by Crippen LogP contribution is 2.24. The van der Waals surface area contributed by atoms with Crippen molar-refractivity contribution in [2.45, 2.75) is 26.4 Å². The molecule has 4 rings (SSSR count). The molecule has 1 atom stereocenters. The monoisotopic (exact) mass is 447 g/mol. The van der Waals surface area contributed by atoms with Crippen LogP contribution in [0.4, 0.5) is 8.78 Å². The average Bonchev–Trinajstić information content (AvgIpc) is 3.28. The molecule has 4 aromatic rings. The second-order valence-electron chi connectivity index (χ2n) is 7.63. The van der Waals surface area contributed by atoms with Crippen molar-refractivity contribution < 1.29 is 13.6 Å². The predicted octanol–water partition coefficient (Wildman–Crippen LogP) is 4.84. The molecule has 0 unspecified atom stereocenters. The van der Waals surface area contributed by atoms with Crippen LogP contribution in [0.1, 0.15) is 24.2 Å². The van der Waals surface area contributed by atoms with Crippen molar-refractivity contribution in [3.8, 4) is 22.6 Å². The van der Waals surface area contributed by atoms with Crippen molar-refractivity contribution >= 4 is 5.91 Å². The lowest BCUT2D eigenvalue weighted by Gasteiger charge is -2.29. The van der Waals surface area contributed by atoms with Crippen LogP contribution in [-0.4, -0.2) is 43.1 Å². The van der Waals surface area contributed by atoms with Crippen LogP contribution < -0.4 is 0 Å². The largest absolute Gasteiger partial charge is 0.334 e. The summed E-state index contributed by atoms with van der Waals surface area (Å²) in [4.78, 5) is 23.5. The van der Waals surface area contributed by atoms with Crippen LogP contribution in [0.15, 0.2) is 73.2 Å². The molecule has 0 aliphatic carbocycles. The summed E-state index contributed by atoms with van der Waals surface area (Å²) in [5.74, 6) is -0.752. The van der Waals surface area contributed by atoms with Crippen LogP contribution in [0.2, 0.25) is 0 Å². The number of hydrogen-bond acceptors (Lipinski definition) is 4. The Bertz CT molecular complexity index is 1240. The maximum Gasteiger partial charge on any atom is 0.255 e. The Kier molecular flexibility index (Phi) is 6.53. The predicted molar refractivity (Wildman–Crippen MR) is 121 cm³/mol. The fourth-order valence-corrected chi connectivity index (χ4v) is 3.74. The molecule has 0 saturated heterocycles. The van der Waals surface area contributed by atoms with E-state index in [1.807, 2.05) is 26.1 Å². The van der Waals surface area contributed by atoms with Crippen molar-refractivity contribution in [3.05, 3.63) is 90.4 Å². The van der Waals surface area contributed by atoms with Crippen LogP contribution in [0.25, 0.3) is 22.6 Å². The number of halogens is 2. The molecule has 33 heavy (non-hydrogen) atoms. The van der Waals surface area contributed by atoms with Gasteiger partial charge in [0.05, 0.1) is 17.8 Å². The van der Waals surface area contributed by atoms with Gasteiger partial charge < -0.3 is 4.90 Å². The van der Waals surface area contributed by atoms with E-state index >= 15 is 0 Å². The van der Waals surface area contributed by atoms with Crippen molar-refractivity contribution in [2.24, 2.45) is 0 Å². The van der Waals surface area contributed by atoms with Gasteiger partial charge in [0.2, 0.25) is 0 Å². The van der Waals surface area contributed by atoms with Gasteiger partial charge in [-0.3, -0.25) is 9.48 Å². The third kappa shape index (κ3) is 4.95. The zero-order valence-corrected chi connectivity index (χ0v) is 18.3. The molecule has 2 heterocycles. The maximum atomic E-state index is 14.1. The second kappa shape index (κ2) is 9.68. The molecule has 2 aromatic heterocycles. The first-order valence-corrected chi connectivity index (χ1v) is 10.6.